The van der Waals surface area contributed by atoms with E-state index >= 15 is 0 Å². The number of para-hydroxylation sites is 1. The number of hydrogen-bond donors (Lipinski definition) is 3. The Morgan fingerprint density at radius 1 is 1.29 bits per heavy atom. The molecule has 4 N–H and O–H groups in total. The van der Waals surface area contributed by atoms with E-state index in [-0.39, 0.29) is 5.96 Å². The molecule has 2 heterocycles. The minimum Gasteiger partial charge on any atom is -0.496 e. The van der Waals surface area contributed by atoms with Crippen LogP contribution >= 0.6 is 11.3 Å². The summed E-state index contributed by atoms with van der Waals surface area (Å²) in [5.41, 5.74) is 7.74. The number of guanidine groups is 1. The van der Waals surface area contributed by atoms with Crippen LogP contribution in [0.3, 0.4) is 0 Å². The number of aliphatic imine (C=N–C) groups is 1. The molecule has 3 rings (SSSR count). The van der Waals surface area contributed by atoms with Crippen LogP contribution in [0.5, 0.6) is 5.75 Å². The fourth-order valence-electron chi connectivity index (χ4n) is 2.14. The van der Waals surface area contributed by atoms with Gasteiger partial charge in [0.25, 0.3) is 5.97 Å². The van der Waals surface area contributed by atoms with Crippen LogP contribution in [0.4, 0.5) is 5.95 Å². The van der Waals surface area contributed by atoms with E-state index in [1.54, 1.807) is 24.6 Å². The number of methoxy groups -OCH3 is 1. The molecular formula is C19H21N5O3S. The second-order valence-electron chi connectivity index (χ2n) is 5.40. The van der Waals surface area contributed by atoms with Crippen LogP contribution in [0.1, 0.15) is 12.5 Å². The van der Waals surface area contributed by atoms with Crippen molar-refractivity contribution in [2.45, 2.75) is 13.5 Å². The van der Waals surface area contributed by atoms with E-state index in [4.69, 9.17) is 20.4 Å². The smallest absolute Gasteiger partial charge is 0.300 e. The van der Waals surface area contributed by atoms with Gasteiger partial charge in [0, 0.05) is 18.7 Å². The number of nitrogens with one attached hydrogen (secondary N) is 1. The van der Waals surface area contributed by atoms with Crippen molar-refractivity contribution in [2.75, 3.05) is 12.4 Å². The molecule has 0 amide bonds. The van der Waals surface area contributed by atoms with Crippen LogP contribution < -0.4 is 15.8 Å². The number of rotatable bonds is 5. The van der Waals surface area contributed by atoms with Crippen LogP contribution in [0, 0.1) is 0 Å². The van der Waals surface area contributed by atoms with Crippen molar-refractivity contribution in [1.29, 1.82) is 0 Å². The van der Waals surface area contributed by atoms with Gasteiger partial charge in [0.15, 0.2) is 5.96 Å². The van der Waals surface area contributed by atoms with Crippen LogP contribution in [0.15, 0.2) is 59.0 Å². The molecule has 3 aromatic rings. The van der Waals surface area contributed by atoms with E-state index in [0.717, 1.165) is 28.8 Å². The van der Waals surface area contributed by atoms with Crippen LogP contribution in [0.25, 0.3) is 10.6 Å². The summed E-state index contributed by atoms with van der Waals surface area (Å²) in [5, 5.41) is 12.3. The Morgan fingerprint density at radius 2 is 2.04 bits per heavy atom. The number of carboxylic acid groups (broad SMARTS) is 1. The van der Waals surface area contributed by atoms with E-state index < -0.39 is 5.97 Å². The van der Waals surface area contributed by atoms with Gasteiger partial charge in [-0.3, -0.25) is 10.1 Å². The Bertz CT molecular complexity index is 925. The molecule has 9 heteroatoms. The van der Waals surface area contributed by atoms with E-state index in [0.29, 0.717) is 12.5 Å². The molecule has 0 spiro atoms. The summed E-state index contributed by atoms with van der Waals surface area (Å²) in [7, 11) is 1.63. The molecule has 0 bridgehead atoms. The molecule has 0 fully saturated rings. The van der Waals surface area contributed by atoms with E-state index in [9.17, 15) is 0 Å². The number of hydrogen-bond acceptors (Lipinski definition) is 6. The third-order valence-electron chi connectivity index (χ3n) is 3.28. The predicted octanol–water partition coefficient (Wildman–Crippen LogP) is 3.23. The topological polar surface area (TPSA) is 123 Å². The lowest BCUT2D eigenvalue weighted by Crippen LogP contribution is -2.24. The number of nitrogens with two attached hydrogens (primary N) is 1. The average Bonchev–Trinajstić information content (AvgIpc) is 3.21. The van der Waals surface area contributed by atoms with Gasteiger partial charge < -0.3 is 15.6 Å². The number of carboxylic acids is 1. The van der Waals surface area contributed by atoms with Crippen molar-refractivity contribution in [3.05, 3.63) is 59.6 Å². The summed E-state index contributed by atoms with van der Waals surface area (Å²) in [6.45, 7) is 1.49. The van der Waals surface area contributed by atoms with Gasteiger partial charge in [0.2, 0.25) is 5.95 Å². The lowest BCUT2D eigenvalue weighted by atomic mass is 10.2. The third-order valence-corrected chi connectivity index (χ3v) is 4.17. The highest BCUT2D eigenvalue weighted by molar-refractivity contribution is 7.13. The number of benzene rings is 1. The number of carbonyl (C=O) groups is 1. The molecule has 0 atom stereocenters. The first-order valence-electron chi connectivity index (χ1n) is 8.25. The molecule has 0 aliphatic heterocycles. The molecule has 0 radical (unpaired) electrons. The number of anilines is 1. The first kappa shape index (κ1) is 20.8. The fraction of sp³-hybridized carbons (Fsp3) is 0.158. The highest BCUT2D eigenvalue weighted by atomic mass is 32.1. The monoisotopic (exact) mass is 399 g/mol. The zero-order chi connectivity index (χ0) is 20.4. The molecule has 0 saturated carbocycles. The second kappa shape index (κ2) is 10.6. The Kier molecular flexibility index (Phi) is 7.92. The minimum atomic E-state index is -0.833. The summed E-state index contributed by atoms with van der Waals surface area (Å²) in [6, 6.07) is 13.5. The first-order valence-corrected chi connectivity index (χ1v) is 9.13. The molecular weight excluding hydrogens is 378 g/mol. The number of ether oxygens (including phenoxy) is 1. The zero-order valence-electron chi connectivity index (χ0n) is 15.5. The molecule has 146 valence electrons. The quantitative estimate of drug-likeness (QED) is 0.444. The molecule has 2 aromatic heterocycles. The summed E-state index contributed by atoms with van der Waals surface area (Å²) in [6.07, 6.45) is 1.69. The molecule has 0 unspecified atom stereocenters. The maximum atomic E-state index is 9.00. The molecule has 0 aliphatic rings. The van der Waals surface area contributed by atoms with Crippen LogP contribution in [0.2, 0.25) is 0 Å². The SMILES string of the molecule is CC(=O)O.COc1ccccc1CN=C(N)Nc1nccc(-c2cccs2)n1. The Balaban J connectivity index is 0.000000640. The normalized spacial score (nSPS) is 10.6. The molecule has 8 nitrogen and oxygen atoms in total. The van der Waals surface area contributed by atoms with Gasteiger partial charge in [0.05, 0.1) is 24.2 Å². The van der Waals surface area contributed by atoms with Crippen molar-refractivity contribution in [3.8, 4) is 16.3 Å². The standard InChI is InChI=1S/C17H17N5OS.C2H4O2/c1-23-14-6-3-2-5-12(14)11-20-16(18)22-17-19-9-8-13(21-17)15-7-4-10-24-15;1-2(3)4/h2-10H,11H2,1H3,(H3,18,19,20,21,22);1H3,(H,3,4). The zero-order valence-corrected chi connectivity index (χ0v) is 16.3. The number of aromatic nitrogens is 2. The van der Waals surface area contributed by atoms with Gasteiger partial charge in [-0.05, 0) is 23.6 Å². The lowest BCUT2D eigenvalue weighted by molar-refractivity contribution is -0.134. The van der Waals surface area contributed by atoms with Crippen molar-refractivity contribution >= 4 is 29.2 Å². The maximum absolute atomic E-state index is 9.00. The minimum absolute atomic E-state index is 0.254. The van der Waals surface area contributed by atoms with Crippen LogP contribution in [-0.2, 0) is 11.3 Å². The maximum Gasteiger partial charge on any atom is 0.300 e. The fourth-order valence-corrected chi connectivity index (χ4v) is 2.83. The Hall–Kier alpha value is -3.46. The summed E-state index contributed by atoms with van der Waals surface area (Å²) in [5.74, 6) is 0.622. The van der Waals surface area contributed by atoms with Gasteiger partial charge in [-0.1, -0.05) is 24.3 Å². The number of aliphatic carboxylic acids is 1. The largest absolute Gasteiger partial charge is 0.496 e. The van der Waals surface area contributed by atoms with Gasteiger partial charge in [-0.2, -0.15) is 0 Å². The highest BCUT2D eigenvalue weighted by Crippen LogP contribution is 2.22. The van der Waals surface area contributed by atoms with E-state index in [1.807, 2.05) is 47.8 Å². The molecule has 0 aliphatic carbocycles. The van der Waals surface area contributed by atoms with Gasteiger partial charge in [-0.25, -0.2) is 15.0 Å². The van der Waals surface area contributed by atoms with E-state index in [2.05, 4.69) is 20.3 Å². The highest BCUT2D eigenvalue weighted by Gasteiger charge is 2.05. The first-order chi connectivity index (χ1) is 13.5. The van der Waals surface area contributed by atoms with Gasteiger partial charge >= 0.3 is 0 Å². The summed E-state index contributed by atoms with van der Waals surface area (Å²) in [4.78, 5) is 23.0. The van der Waals surface area contributed by atoms with Crippen molar-refractivity contribution in [3.63, 3.8) is 0 Å². The predicted molar refractivity (Wildman–Crippen MR) is 111 cm³/mol. The van der Waals surface area contributed by atoms with Crippen LogP contribution in [-0.4, -0.2) is 34.1 Å². The molecule has 1 aromatic carbocycles. The number of thiophene rings is 1. The lowest BCUT2D eigenvalue weighted by Gasteiger charge is -2.07. The number of nitrogens with zero attached hydrogens (tertiary/aromatic N) is 3. The van der Waals surface area contributed by atoms with Crippen molar-refractivity contribution in [1.82, 2.24) is 9.97 Å². The third kappa shape index (κ3) is 6.69. The molecule has 0 saturated heterocycles. The second-order valence-corrected chi connectivity index (χ2v) is 6.35. The molecule has 28 heavy (non-hydrogen) atoms. The summed E-state index contributed by atoms with van der Waals surface area (Å²) < 4.78 is 5.30. The van der Waals surface area contributed by atoms with Gasteiger partial charge in [-0.15, -0.1) is 11.3 Å². The Labute approximate surface area is 166 Å². The average molecular weight is 399 g/mol. The van der Waals surface area contributed by atoms with Gasteiger partial charge in [0.1, 0.15) is 5.75 Å². The van der Waals surface area contributed by atoms with Crippen molar-refractivity contribution in [2.24, 2.45) is 10.7 Å². The van der Waals surface area contributed by atoms with Crippen molar-refractivity contribution < 1.29 is 14.6 Å². The van der Waals surface area contributed by atoms with E-state index in [1.165, 1.54) is 0 Å². The Morgan fingerprint density at radius 3 is 2.71 bits per heavy atom. The summed E-state index contributed by atoms with van der Waals surface area (Å²) >= 11 is 1.62.